The van der Waals surface area contributed by atoms with Gasteiger partial charge in [-0.25, -0.2) is 9.97 Å². The zero-order valence-corrected chi connectivity index (χ0v) is 15.3. The van der Waals surface area contributed by atoms with Crippen LogP contribution in [0, 0.1) is 0 Å². The standard InChI is InChI=1S/C19H23N3O4/c1-24-16-11-18(26-3)17(25-2)10-14(16)19(23)22-8-5-13(6-9-22)15-4-7-20-12-21-15/h4,7,10-13H,5-6,8-9H2,1-3H3. The highest BCUT2D eigenvalue weighted by molar-refractivity contribution is 5.98. The summed E-state index contributed by atoms with van der Waals surface area (Å²) in [4.78, 5) is 23.2. The summed E-state index contributed by atoms with van der Waals surface area (Å²) in [5.74, 6) is 1.81. The van der Waals surface area contributed by atoms with Gasteiger partial charge in [-0.05, 0) is 18.9 Å². The fraction of sp³-hybridized carbons (Fsp3) is 0.421. The molecule has 1 aliphatic rings. The minimum Gasteiger partial charge on any atom is -0.496 e. The molecule has 0 bridgehead atoms. The lowest BCUT2D eigenvalue weighted by molar-refractivity contribution is 0.0708. The van der Waals surface area contributed by atoms with Gasteiger partial charge in [0.25, 0.3) is 5.91 Å². The maximum atomic E-state index is 13.0. The Balaban J connectivity index is 1.76. The van der Waals surface area contributed by atoms with E-state index in [9.17, 15) is 4.79 Å². The van der Waals surface area contributed by atoms with E-state index in [1.807, 2.05) is 11.0 Å². The molecule has 2 heterocycles. The Morgan fingerprint density at radius 2 is 1.69 bits per heavy atom. The molecule has 0 aliphatic carbocycles. The highest BCUT2D eigenvalue weighted by Gasteiger charge is 2.28. The Morgan fingerprint density at radius 3 is 2.27 bits per heavy atom. The molecule has 26 heavy (non-hydrogen) atoms. The van der Waals surface area contributed by atoms with Gasteiger partial charge in [0, 0.05) is 43.0 Å². The zero-order chi connectivity index (χ0) is 18.5. The first-order chi connectivity index (χ1) is 12.7. The first-order valence-corrected chi connectivity index (χ1v) is 8.53. The third kappa shape index (κ3) is 3.56. The monoisotopic (exact) mass is 357 g/mol. The summed E-state index contributed by atoms with van der Waals surface area (Å²) in [6.07, 6.45) is 5.08. The molecule has 1 aliphatic heterocycles. The van der Waals surface area contributed by atoms with Crippen LogP contribution in [0.1, 0.15) is 34.8 Å². The summed E-state index contributed by atoms with van der Waals surface area (Å²) in [6, 6.07) is 5.30. The Hall–Kier alpha value is -2.83. The molecule has 2 aromatic rings. The molecule has 0 atom stereocenters. The number of carbonyl (C=O) groups excluding carboxylic acids is 1. The van der Waals surface area contributed by atoms with Crippen molar-refractivity contribution < 1.29 is 19.0 Å². The van der Waals surface area contributed by atoms with Gasteiger partial charge in [-0.3, -0.25) is 4.79 Å². The van der Waals surface area contributed by atoms with Crippen LogP contribution >= 0.6 is 0 Å². The SMILES string of the molecule is COc1cc(OC)c(C(=O)N2CCC(c3ccncn3)CC2)cc1OC. The van der Waals surface area contributed by atoms with E-state index in [0.717, 1.165) is 18.5 Å². The third-order valence-electron chi connectivity index (χ3n) is 4.74. The van der Waals surface area contributed by atoms with Gasteiger partial charge in [0.15, 0.2) is 11.5 Å². The van der Waals surface area contributed by atoms with Crippen molar-refractivity contribution >= 4 is 5.91 Å². The second-order valence-corrected chi connectivity index (χ2v) is 6.11. The van der Waals surface area contributed by atoms with Gasteiger partial charge in [-0.2, -0.15) is 0 Å². The number of carbonyl (C=O) groups is 1. The number of hydrogen-bond donors (Lipinski definition) is 0. The van der Waals surface area contributed by atoms with Gasteiger partial charge in [-0.1, -0.05) is 0 Å². The van der Waals surface area contributed by atoms with Crippen LogP contribution in [0.25, 0.3) is 0 Å². The Labute approximate surface area is 152 Å². The predicted octanol–water partition coefficient (Wildman–Crippen LogP) is 2.52. The van der Waals surface area contributed by atoms with Gasteiger partial charge >= 0.3 is 0 Å². The van der Waals surface area contributed by atoms with Crippen molar-refractivity contribution in [2.24, 2.45) is 0 Å². The molecule has 1 saturated heterocycles. The topological polar surface area (TPSA) is 73.8 Å². The summed E-state index contributed by atoms with van der Waals surface area (Å²) in [5, 5.41) is 0. The lowest BCUT2D eigenvalue weighted by Gasteiger charge is -2.32. The van der Waals surface area contributed by atoms with E-state index in [2.05, 4.69) is 9.97 Å². The van der Waals surface area contributed by atoms with E-state index in [0.29, 0.717) is 41.8 Å². The van der Waals surface area contributed by atoms with Gasteiger partial charge in [-0.15, -0.1) is 0 Å². The maximum absolute atomic E-state index is 13.0. The van der Waals surface area contributed by atoms with Crippen LogP contribution in [0.3, 0.4) is 0 Å². The lowest BCUT2D eigenvalue weighted by atomic mass is 9.93. The molecule has 1 aromatic heterocycles. The molecule has 7 heteroatoms. The second kappa shape index (κ2) is 8.03. The van der Waals surface area contributed by atoms with Gasteiger partial charge in [0.05, 0.1) is 26.9 Å². The highest BCUT2D eigenvalue weighted by Crippen LogP contribution is 2.36. The van der Waals surface area contributed by atoms with E-state index in [4.69, 9.17) is 14.2 Å². The van der Waals surface area contributed by atoms with Crippen molar-refractivity contribution in [1.29, 1.82) is 0 Å². The second-order valence-electron chi connectivity index (χ2n) is 6.11. The molecule has 1 fully saturated rings. The van der Waals surface area contributed by atoms with Crippen LogP contribution in [-0.4, -0.2) is 55.2 Å². The van der Waals surface area contributed by atoms with Crippen LogP contribution < -0.4 is 14.2 Å². The van der Waals surface area contributed by atoms with Crippen molar-refractivity contribution in [3.05, 3.63) is 42.0 Å². The molecule has 3 rings (SSSR count). The number of ether oxygens (including phenoxy) is 3. The lowest BCUT2D eigenvalue weighted by Crippen LogP contribution is -2.38. The summed E-state index contributed by atoms with van der Waals surface area (Å²) >= 11 is 0. The molecule has 0 saturated carbocycles. The third-order valence-corrected chi connectivity index (χ3v) is 4.74. The minimum absolute atomic E-state index is 0.0658. The summed E-state index contributed by atoms with van der Waals surface area (Å²) in [7, 11) is 4.64. The fourth-order valence-corrected chi connectivity index (χ4v) is 3.29. The van der Waals surface area contributed by atoms with Crippen molar-refractivity contribution in [2.45, 2.75) is 18.8 Å². The largest absolute Gasteiger partial charge is 0.496 e. The number of piperidine rings is 1. The van der Waals surface area contributed by atoms with Crippen molar-refractivity contribution in [2.75, 3.05) is 34.4 Å². The van der Waals surface area contributed by atoms with Crippen molar-refractivity contribution in [3.63, 3.8) is 0 Å². The molecule has 0 unspecified atom stereocenters. The molecule has 0 spiro atoms. The molecular formula is C19H23N3O4. The number of aromatic nitrogens is 2. The van der Waals surface area contributed by atoms with Crippen LogP contribution in [0.2, 0.25) is 0 Å². The molecule has 0 radical (unpaired) electrons. The average Bonchev–Trinajstić information content (AvgIpc) is 2.72. The van der Waals surface area contributed by atoms with E-state index >= 15 is 0 Å². The molecule has 7 nitrogen and oxygen atoms in total. The quantitative estimate of drug-likeness (QED) is 0.819. The molecular weight excluding hydrogens is 334 g/mol. The first kappa shape index (κ1) is 18.0. The van der Waals surface area contributed by atoms with Crippen LogP contribution in [0.4, 0.5) is 0 Å². The zero-order valence-electron chi connectivity index (χ0n) is 15.3. The summed E-state index contributed by atoms with van der Waals surface area (Å²) < 4.78 is 16.0. The Kier molecular flexibility index (Phi) is 5.55. The van der Waals surface area contributed by atoms with Gasteiger partial charge in [0.1, 0.15) is 12.1 Å². The highest BCUT2D eigenvalue weighted by atomic mass is 16.5. The van der Waals surface area contributed by atoms with Crippen LogP contribution in [0.5, 0.6) is 17.2 Å². The fourth-order valence-electron chi connectivity index (χ4n) is 3.29. The number of benzene rings is 1. The minimum atomic E-state index is -0.0658. The first-order valence-electron chi connectivity index (χ1n) is 8.53. The number of likely N-dealkylation sites (tertiary alicyclic amines) is 1. The maximum Gasteiger partial charge on any atom is 0.257 e. The van der Waals surface area contributed by atoms with E-state index < -0.39 is 0 Å². The normalized spacial score (nSPS) is 14.8. The predicted molar refractivity (Wildman–Crippen MR) is 96.0 cm³/mol. The van der Waals surface area contributed by atoms with E-state index in [-0.39, 0.29) is 5.91 Å². The smallest absolute Gasteiger partial charge is 0.257 e. The van der Waals surface area contributed by atoms with Crippen LogP contribution in [-0.2, 0) is 0 Å². The number of rotatable bonds is 5. The molecule has 138 valence electrons. The number of methoxy groups -OCH3 is 3. The molecule has 1 amide bonds. The molecule has 0 N–H and O–H groups in total. The van der Waals surface area contributed by atoms with E-state index in [1.165, 1.54) is 0 Å². The average molecular weight is 357 g/mol. The van der Waals surface area contributed by atoms with Gasteiger partial charge < -0.3 is 19.1 Å². The Morgan fingerprint density at radius 1 is 1.04 bits per heavy atom. The number of nitrogens with zero attached hydrogens (tertiary/aromatic N) is 3. The van der Waals surface area contributed by atoms with Crippen molar-refractivity contribution in [1.82, 2.24) is 14.9 Å². The summed E-state index contributed by atoms with van der Waals surface area (Å²) in [6.45, 7) is 1.34. The van der Waals surface area contributed by atoms with Crippen molar-refractivity contribution in [3.8, 4) is 17.2 Å². The molecule has 1 aromatic carbocycles. The number of hydrogen-bond acceptors (Lipinski definition) is 6. The van der Waals surface area contributed by atoms with Gasteiger partial charge in [0.2, 0.25) is 0 Å². The van der Waals surface area contributed by atoms with Crippen LogP contribution in [0.15, 0.2) is 30.7 Å². The Bertz CT molecular complexity index is 759. The van der Waals surface area contributed by atoms with E-state index in [1.54, 1.807) is 46.0 Å². The summed E-state index contributed by atoms with van der Waals surface area (Å²) in [5.41, 5.74) is 1.52. The number of amides is 1.